The molecule has 134 valence electrons. The summed E-state index contributed by atoms with van der Waals surface area (Å²) < 4.78 is 0. The summed E-state index contributed by atoms with van der Waals surface area (Å²) in [5.41, 5.74) is 0.876. The molecular weight excluding hydrogens is 316 g/mol. The second kappa shape index (κ2) is 6.62. The van der Waals surface area contributed by atoms with Crippen molar-refractivity contribution in [2.75, 3.05) is 6.54 Å². The van der Waals surface area contributed by atoms with Crippen LogP contribution in [0.2, 0.25) is 0 Å². The normalized spacial score (nSPS) is 26.4. The lowest BCUT2D eigenvalue weighted by molar-refractivity contribution is -0.133. The number of imide groups is 1. The SMILES string of the molecule is CC(C)c1ccc(C(=O)CN2C(=O)N[C@@]3(CCCC[C@@H]3C)C2=O)cc1. The zero-order valence-corrected chi connectivity index (χ0v) is 15.2. The molecule has 1 saturated carbocycles. The molecule has 1 saturated heterocycles. The van der Waals surface area contributed by atoms with E-state index in [0.717, 1.165) is 29.7 Å². The molecule has 0 radical (unpaired) electrons. The summed E-state index contributed by atoms with van der Waals surface area (Å²) in [5, 5.41) is 2.88. The van der Waals surface area contributed by atoms with E-state index in [1.165, 1.54) is 0 Å². The summed E-state index contributed by atoms with van der Waals surface area (Å²) in [4.78, 5) is 38.9. The fourth-order valence-corrected chi connectivity index (χ4v) is 3.93. The Morgan fingerprint density at radius 2 is 1.92 bits per heavy atom. The van der Waals surface area contributed by atoms with Crippen molar-refractivity contribution < 1.29 is 14.4 Å². The van der Waals surface area contributed by atoms with Crippen LogP contribution in [-0.4, -0.2) is 34.7 Å². The van der Waals surface area contributed by atoms with Crippen molar-refractivity contribution in [3.63, 3.8) is 0 Å². The Labute approximate surface area is 148 Å². The van der Waals surface area contributed by atoms with Crippen LogP contribution in [0.3, 0.4) is 0 Å². The molecule has 0 unspecified atom stereocenters. The number of carbonyl (C=O) groups is 3. The number of benzene rings is 1. The molecule has 2 fully saturated rings. The molecule has 2 aliphatic rings. The van der Waals surface area contributed by atoms with E-state index < -0.39 is 11.6 Å². The minimum atomic E-state index is -0.808. The second-order valence-corrected chi connectivity index (χ2v) is 7.64. The highest BCUT2D eigenvalue weighted by molar-refractivity contribution is 6.11. The number of nitrogens with one attached hydrogen (secondary N) is 1. The van der Waals surface area contributed by atoms with Gasteiger partial charge in [-0.1, -0.05) is 57.9 Å². The van der Waals surface area contributed by atoms with Gasteiger partial charge in [-0.2, -0.15) is 0 Å². The molecule has 2 atom stereocenters. The second-order valence-electron chi connectivity index (χ2n) is 7.64. The predicted molar refractivity (Wildman–Crippen MR) is 95.5 cm³/mol. The predicted octanol–water partition coefficient (Wildman–Crippen LogP) is 3.49. The van der Waals surface area contributed by atoms with Crippen LogP contribution < -0.4 is 5.32 Å². The molecule has 1 aliphatic carbocycles. The van der Waals surface area contributed by atoms with Crippen molar-refractivity contribution in [2.45, 2.75) is 57.9 Å². The summed E-state index contributed by atoms with van der Waals surface area (Å²) in [7, 11) is 0. The first kappa shape index (κ1) is 17.6. The maximum Gasteiger partial charge on any atom is 0.325 e. The summed E-state index contributed by atoms with van der Waals surface area (Å²) in [6.07, 6.45) is 3.58. The molecule has 1 spiro atoms. The number of Topliss-reactive ketones (excluding diaryl/α,β-unsaturated/α-hetero) is 1. The molecule has 0 aromatic heterocycles. The van der Waals surface area contributed by atoms with Gasteiger partial charge in [0.05, 0.1) is 6.54 Å². The number of ketones is 1. The number of hydrogen-bond acceptors (Lipinski definition) is 3. The Kier molecular flexibility index (Phi) is 4.67. The number of amides is 3. The maximum atomic E-state index is 12.9. The van der Waals surface area contributed by atoms with Crippen molar-refractivity contribution in [2.24, 2.45) is 5.92 Å². The number of urea groups is 1. The largest absolute Gasteiger partial charge is 0.325 e. The molecule has 1 aliphatic heterocycles. The van der Waals surface area contributed by atoms with Gasteiger partial charge in [0, 0.05) is 5.56 Å². The van der Waals surface area contributed by atoms with Gasteiger partial charge >= 0.3 is 6.03 Å². The first-order valence-electron chi connectivity index (χ1n) is 9.12. The van der Waals surface area contributed by atoms with Crippen molar-refractivity contribution in [3.05, 3.63) is 35.4 Å². The summed E-state index contributed by atoms with van der Waals surface area (Å²) in [5.74, 6) is 0.0435. The molecular formula is C20H26N2O3. The highest BCUT2D eigenvalue weighted by atomic mass is 16.2. The standard InChI is InChI=1S/C20H26N2O3/c1-13(2)15-7-9-16(10-8-15)17(23)12-22-18(24)20(21-19(22)25)11-5-4-6-14(20)3/h7-10,13-14H,4-6,11-12H2,1-3H3,(H,21,25)/t14-,20+/m0/s1. The van der Waals surface area contributed by atoms with E-state index >= 15 is 0 Å². The Hall–Kier alpha value is -2.17. The third kappa shape index (κ3) is 3.08. The molecule has 25 heavy (non-hydrogen) atoms. The third-order valence-electron chi connectivity index (χ3n) is 5.70. The van der Waals surface area contributed by atoms with E-state index in [1.54, 1.807) is 12.1 Å². The topological polar surface area (TPSA) is 66.5 Å². The van der Waals surface area contributed by atoms with E-state index in [9.17, 15) is 14.4 Å². The smallest absolute Gasteiger partial charge is 0.323 e. The van der Waals surface area contributed by atoms with Gasteiger partial charge in [-0.3, -0.25) is 14.5 Å². The fraction of sp³-hybridized carbons (Fsp3) is 0.550. The molecule has 1 aromatic carbocycles. The molecule has 1 aromatic rings. The minimum Gasteiger partial charge on any atom is -0.323 e. The van der Waals surface area contributed by atoms with Gasteiger partial charge in [-0.25, -0.2) is 4.79 Å². The number of hydrogen-bond donors (Lipinski definition) is 1. The average Bonchev–Trinajstić information content (AvgIpc) is 2.82. The van der Waals surface area contributed by atoms with Crippen molar-refractivity contribution in [1.29, 1.82) is 0 Å². The first-order chi connectivity index (χ1) is 11.8. The Morgan fingerprint density at radius 1 is 1.24 bits per heavy atom. The van der Waals surface area contributed by atoms with Crippen LogP contribution in [-0.2, 0) is 4.79 Å². The van der Waals surface area contributed by atoms with Crippen LogP contribution in [0, 0.1) is 5.92 Å². The third-order valence-corrected chi connectivity index (χ3v) is 5.70. The molecule has 0 bridgehead atoms. The Bertz CT molecular complexity index is 695. The minimum absolute atomic E-state index is 0.100. The Balaban J connectivity index is 1.75. The van der Waals surface area contributed by atoms with Crippen LogP contribution in [0.15, 0.2) is 24.3 Å². The van der Waals surface area contributed by atoms with Gasteiger partial charge in [-0.05, 0) is 30.2 Å². The van der Waals surface area contributed by atoms with Crippen LogP contribution >= 0.6 is 0 Å². The summed E-state index contributed by atoms with van der Waals surface area (Å²) >= 11 is 0. The maximum absolute atomic E-state index is 12.9. The quantitative estimate of drug-likeness (QED) is 0.673. The van der Waals surface area contributed by atoms with Gasteiger partial charge in [0.2, 0.25) is 0 Å². The lowest BCUT2D eigenvalue weighted by Gasteiger charge is -2.36. The zero-order chi connectivity index (χ0) is 18.2. The van der Waals surface area contributed by atoms with Gasteiger partial charge < -0.3 is 5.32 Å². The lowest BCUT2D eigenvalue weighted by Crippen LogP contribution is -2.54. The number of carbonyl (C=O) groups excluding carboxylic acids is 3. The average molecular weight is 342 g/mol. The van der Waals surface area contributed by atoms with E-state index in [0.29, 0.717) is 17.9 Å². The van der Waals surface area contributed by atoms with E-state index in [-0.39, 0.29) is 24.2 Å². The first-order valence-corrected chi connectivity index (χ1v) is 9.12. The van der Waals surface area contributed by atoms with Crippen molar-refractivity contribution in [1.82, 2.24) is 10.2 Å². The molecule has 5 nitrogen and oxygen atoms in total. The monoisotopic (exact) mass is 342 g/mol. The molecule has 1 N–H and O–H groups in total. The van der Waals surface area contributed by atoms with Gasteiger partial charge in [0.15, 0.2) is 5.78 Å². The van der Waals surface area contributed by atoms with Crippen LogP contribution in [0.1, 0.15) is 68.3 Å². The summed E-state index contributed by atoms with van der Waals surface area (Å²) in [6.45, 7) is 6.00. The van der Waals surface area contributed by atoms with E-state index in [4.69, 9.17) is 0 Å². The molecule has 5 heteroatoms. The van der Waals surface area contributed by atoms with Gasteiger partial charge in [0.25, 0.3) is 5.91 Å². The zero-order valence-electron chi connectivity index (χ0n) is 15.2. The van der Waals surface area contributed by atoms with Crippen molar-refractivity contribution >= 4 is 17.7 Å². The molecule has 3 rings (SSSR count). The number of rotatable bonds is 4. The van der Waals surface area contributed by atoms with E-state index in [1.807, 2.05) is 19.1 Å². The summed E-state index contributed by atoms with van der Waals surface area (Å²) in [6, 6.07) is 6.96. The van der Waals surface area contributed by atoms with Crippen LogP contribution in [0.5, 0.6) is 0 Å². The highest BCUT2D eigenvalue weighted by Gasteiger charge is 2.55. The van der Waals surface area contributed by atoms with E-state index in [2.05, 4.69) is 19.2 Å². The van der Waals surface area contributed by atoms with Crippen molar-refractivity contribution in [3.8, 4) is 0 Å². The van der Waals surface area contributed by atoms with Gasteiger partial charge in [-0.15, -0.1) is 0 Å². The highest BCUT2D eigenvalue weighted by Crippen LogP contribution is 2.38. The van der Waals surface area contributed by atoms with Gasteiger partial charge in [0.1, 0.15) is 5.54 Å². The molecule has 1 heterocycles. The van der Waals surface area contributed by atoms with Crippen LogP contribution in [0.25, 0.3) is 0 Å². The fourth-order valence-electron chi connectivity index (χ4n) is 3.93. The Morgan fingerprint density at radius 3 is 2.52 bits per heavy atom. The number of nitrogens with zero attached hydrogens (tertiary/aromatic N) is 1. The molecule has 3 amide bonds. The van der Waals surface area contributed by atoms with Crippen LogP contribution in [0.4, 0.5) is 4.79 Å². The lowest BCUT2D eigenvalue weighted by atomic mass is 9.73.